The molecule has 3 N–H and O–H groups in total. The van der Waals surface area contributed by atoms with Crippen LogP contribution in [0.2, 0.25) is 5.02 Å². The van der Waals surface area contributed by atoms with Crippen molar-refractivity contribution in [2.24, 2.45) is 11.1 Å². The number of hydrogen-bond donors (Lipinski definition) is 2. The summed E-state index contributed by atoms with van der Waals surface area (Å²) in [6.07, 6.45) is 0.828. The average molecular weight is 319 g/mol. The third-order valence-corrected chi connectivity index (χ3v) is 5.51. The topological polar surface area (TPSA) is 72.2 Å². The molecule has 4 nitrogen and oxygen atoms in total. The van der Waals surface area contributed by atoms with Gasteiger partial charge in [-0.3, -0.25) is 0 Å². The summed E-state index contributed by atoms with van der Waals surface area (Å²) in [5, 5.41) is 0.122. The van der Waals surface area contributed by atoms with E-state index in [1.54, 1.807) is 6.07 Å². The molecule has 1 saturated carbocycles. The van der Waals surface area contributed by atoms with Gasteiger partial charge in [0.15, 0.2) is 0 Å². The second-order valence-corrected chi connectivity index (χ2v) is 7.91. The smallest absolute Gasteiger partial charge is 0.242 e. The largest absolute Gasteiger partial charge is 0.389 e. The molecule has 2 rings (SSSR count). The van der Waals surface area contributed by atoms with Gasteiger partial charge in [0.1, 0.15) is 9.88 Å². The summed E-state index contributed by atoms with van der Waals surface area (Å²) >= 11 is 10.8. The van der Waals surface area contributed by atoms with Crippen LogP contribution in [0, 0.1) is 5.41 Å². The number of halogens is 1. The van der Waals surface area contributed by atoms with Crippen LogP contribution in [0.1, 0.15) is 25.8 Å². The number of hydrogen-bond acceptors (Lipinski definition) is 3. The minimum absolute atomic E-state index is 0.0122. The van der Waals surface area contributed by atoms with Gasteiger partial charge in [0, 0.05) is 11.6 Å². The van der Waals surface area contributed by atoms with Crippen LogP contribution in [-0.4, -0.2) is 19.4 Å². The predicted molar refractivity (Wildman–Crippen MR) is 79.8 cm³/mol. The lowest BCUT2D eigenvalue weighted by atomic mass is 10.2. The Balaban J connectivity index is 2.28. The molecule has 0 bridgehead atoms. The van der Waals surface area contributed by atoms with Crippen LogP contribution in [-0.2, 0) is 10.0 Å². The molecule has 0 saturated heterocycles. The van der Waals surface area contributed by atoms with Crippen molar-refractivity contribution < 1.29 is 8.42 Å². The minimum atomic E-state index is -3.61. The van der Waals surface area contributed by atoms with Gasteiger partial charge in [0.05, 0.1) is 5.02 Å². The van der Waals surface area contributed by atoms with Gasteiger partial charge in [0.2, 0.25) is 10.0 Å². The van der Waals surface area contributed by atoms with Gasteiger partial charge < -0.3 is 5.73 Å². The highest BCUT2D eigenvalue weighted by molar-refractivity contribution is 7.89. The fourth-order valence-electron chi connectivity index (χ4n) is 1.79. The Morgan fingerprint density at radius 2 is 2.11 bits per heavy atom. The van der Waals surface area contributed by atoms with Crippen molar-refractivity contribution in [2.45, 2.75) is 31.2 Å². The molecule has 1 aromatic rings. The van der Waals surface area contributed by atoms with Gasteiger partial charge in [0.25, 0.3) is 0 Å². The second kappa shape index (κ2) is 4.70. The first-order chi connectivity index (χ1) is 8.63. The molecule has 0 spiro atoms. The quantitative estimate of drug-likeness (QED) is 0.833. The standard InChI is InChI=1S/C12H15ClN2O2S2/c1-12(2)6-10(12)15-19(16,17)9-4-3-7(11(14)18)5-8(9)13/h3-5,10,15H,6H2,1-2H3,(H2,14,18). The van der Waals surface area contributed by atoms with E-state index in [1.807, 2.05) is 13.8 Å². The molecular formula is C12H15ClN2O2S2. The van der Waals surface area contributed by atoms with Crippen LogP contribution < -0.4 is 10.5 Å². The maximum absolute atomic E-state index is 12.2. The molecule has 104 valence electrons. The Kier molecular flexibility index (Phi) is 3.64. The Hall–Kier alpha value is -0.690. The first kappa shape index (κ1) is 14.7. The summed E-state index contributed by atoms with van der Waals surface area (Å²) in [5.74, 6) is 0. The van der Waals surface area contributed by atoms with Crippen LogP contribution in [0.3, 0.4) is 0 Å². The summed E-state index contributed by atoms with van der Waals surface area (Å²) < 4.78 is 27.1. The van der Waals surface area contributed by atoms with E-state index in [1.165, 1.54) is 12.1 Å². The SMILES string of the molecule is CC1(C)CC1NS(=O)(=O)c1ccc(C(N)=S)cc1Cl. The van der Waals surface area contributed by atoms with E-state index >= 15 is 0 Å². The van der Waals surface area contributed by atoms with Crippen molar-refractivity contribution in [3.05, 3.63) is 28.8 Å². The molecule has 0 aromatic heterocycles. The zero-order chi connectivity index (χ0) is 14.4. The molecular weight excluding hydrogens is 304 g/mol. The molecule has 1 aliphatic rings. The predicted octanol–water partition coefficient (Wildman–Crippen LogP) is 2.05. The Labute approximate surface area is 123 Å². The second-order valence-electron chi connectivity index (χ2n) is 5.38. The summed E-state index contributed by atoms with van der Waals surface area (Å²) in [6, 6.07) is 4.41. The average Bonchev–Trinajstić information content (AvgIpc) is 2.83. The number of nitrogens with one attached hydrogen (secondary N) is 1. The monoisotopic (exact) mass is 318 g/mol. The van der Waals surface area contributed by atoms with Crippen molar-refractivity contribution in [1.82, 2.24) is 4.72 Å². The van der Waals surface area contributed by atoms with E-state index in [0.29, 0.717) is 5.56 Å². The highest BCUT2D eigenvalue weighted by Gasteiger charge is 2.48. The third-order valence-electron chi connectivity index (χ3n) is 3.32. The zero-order valence-electron chi connectivity index (χ0n) is 10.6. The van der Waals surface area contributed by atoms with Crippen molar-refractivity contribution >= 4 is 38.8 Å². The molecule has 1 atom stereocenters. The molecule has 0 aliphatic heterocycles. The van der Waals surface area contributed by atoms with Gasteiger partial charge >= 0.3 is 0 Å². The molecule has 1 fully saturated rings. The van der Waals surface area contributed by atoms with E-state index in [2.05, 4.69) is 4.72 Å². The molecule has 1 aromatic carbocycles. The molecule has 7 heteroatoms. The normalized spacial score (nSPS) is 21.1. The number of benzene rings is 1. The van der Waals surface area contributed by atoms with Crippen LogP contribution in [0.5, 0.6) is 0 Å². The van der Waals surface area contributed by atoms with Gasteiger partial charge in [-0.1, -0.05) is 43.7 Å². The van der Waals surface area contributed by atoms with Crippen LogP contribution >= 0.6 is 23.8 Å². The van der Waals surface area contributed by atoms with E-state index in [0.717, 1.165) is 6.42 Å². The summed E-state index contributed by atoms with van der Waals surface area (Å²) in [5.41, 5.74) is 6.03. The number of nitrogens with two attached hydrogens (primary N) is 1. The number of thiocarbonyl (C=S) groups is 1. The minimum Gasteiger partial charge on any atom is -0.389 e. The number of sulfonamides is 1. The Morgan fingerprint density at radius 3 is 2.53 bits per heavy atom. The lowest BCUT2D eigenvalue weighted by Gasteiger charge is -2.10. The maximum Gasteiger partial charge on any atom is 0.242 e. The number of rotatable bonds is 4. The first-order valence-corrected chi connectivity index (χ1v) is 8.02. The summed E-state index contributed by atoms with van der Waals surface area (Å²) in [6.45, 7) is 4.02. The van der Waals surface area contributed by atoms with E-state index in [9.17, 15) is 8.42 Å². The van der Waals surface area contributed by atoms with E-state index in [4.69, 9.17) is 29.6 Å². The highest BCUT2D eigenvalue weighted by atomic mass is 35.5. The Bertz CT molecular complexity index is 641. The van der Waals surface area contributed by atoms with E-state index in [-0.39, 0.29) is 26.4 Å². The Morgan fingerprint density at radius 1 is 1.53 bits per heavy atom. The van der Waals surface area contributed by atoms with Crippen molar-refractivity contribution in [3.63, 3.8) is 0 Å². The first-order valence-electron chi connectivity index (χ1n) is 5.75. The molecule has 0 heterocycles. The fourth-order valence-corrected chi connectivity index (χ4v) is 3.87. The molecule has 1 unspecified atom stereocenters. The van der Waals surface area contributed by atoms with E-state index < -0.39 is 10.0 Å². The van der Waals surface area contributed by atoms with Gasteiger partial charge in [-0.15, -0.1) is 0 Å². The molecule has 0 radical (unpaired) electrons. The lowest BCUT2D eigenvalue weighted by molar-refractivity contribution is 0.555. The highest BCUT2D eigenvalue weighted by Crippen LogP contribution is 2.45. The van der Waals surface area contributed by atoms with Gasteiger partial charge in [-0.25, -0.2) is 13.1 Å². The fraction of sp³-hybridized carbons (Fsp3) is 0.417. The van der Waals surface area contributed by atoms with Gasteiger partial charge in [-0.05, 0) is 24.0 Å². The summed E-state index contributed by atoms with van der Waals surface area (Å²) in [7, 11) is -3.61. The third kappa shape index (κ3) is 3.08. The van der Waals surface area contributed by atoms with Crippen molar-refractivity contribution in [2.75, 3.05) is 0 Å². The lowest BCUT2D eigenvalue weighted by Crippen LogP contribution is -2.28. The molecule has 0 amide bonds. The zero-order valence-corrected chi connectivity index (χ0v) is 13.0. The van der Waals surface area contributed by atoms with Crippen LogP contribution in [0.15, 0.2) is 23.1 Å². The van der Waals surface area contributed by atoms with Gasteiger partial charge in [-0.2, -0.15) is 0 Å². The van der Waals surface area contributed by atoms with Crippen LogP contribution in [0.25, 0.3) is 0 Å². The summed E-state index contributed by atoms with van der Waals surface area (Å²) in [4.78, 5) is 0.235. The van der Waals surface area contributed by atoms with Crippen LogP contribution in [0.4, 0.5) is 0 Å². The maximum atomic E-state index is 12.2. The molecule has 1 aliphatic carbocycles. The molecule has 19 heavy (non-hydrogen) atoms. The van der Waals surface area contributed by atoms with Crippen molar-refractivity contribution in [3.8, 4) is 0 Å². The van der Waals surface area contributed by atoms with Crippen molar-refractivity contribution in [1.29, 1.82) is 0 Å².